The van der Waals surface area contributed by atoms with Crippen molar-refractivity contribution in [2.75, 3.05) is 19.6 Å². The number of piperidine rings is 1. The van der Waals surface area contributed by atoms with Crippen molar-refractivity contribution in [3.63, 3.8) is 0 Å². The highest BCUT2D eigenvalue weighted by atomic mass is 16.1. The number of hydrogen-bond donors (Lipinski definition) is 1. The summed E-state index contributed by atoms with van der Waals surface area (Å²) in [5.74, 6) is 1.19. The predicted octanol–water partition coefficient (Wildman–Crippen LogP) is 2.76. The number of Topliss-reactive ketones (excluding diaryl/α,β-unsaturated/α-hetero) is 1. The van der Waals surface area contributed by atoms with Gasteiger partial charge in [-0.2, -0.15) is 0 Å². The minimum Gasteiger partial charge on any atom is -0.361 e. The lowest BCUT2D eigenvalue weighted by Crippen LogP contribution is -2.46. The topological polar surface area (TPSA) is 36.1 Å². The first-order valence-corrected chi connectivity index (χ1v) is 8.38. The summed E-state index contributed by atoms with van der Waals surface area (Å²) in [7, 11) is 0. The summed E-state index contributed by atoms with van der Waals surface area (Å²) in [6.45, 7) is 6.78. The number of nitrogens with one attached hydrogen (secondary N) is 1. The summed E-state index contributed by atoms with van der Waals surface area (Å²) in [6.07, 6.45) is 8.92. The number of aromatic nitrogens is 1. The first kappa shape index (κ1) is 13.3. The largest absolute Gasteiger partial charge is 0.361 e. The van der Waals surface area contributed by atoms with E-state index in [1.165, 1.54) is 29.8 Å². The second-order valence-corrected chi connectivity index (χ2v) is 6.91. The maximum Gasteiger partial charge on any atom is 0.169 e. The van der Waals surface area contributed by atoms with Gasteiger partial charge in [0.1, 0.15) is 0 Å². The molecular weight excluding hydrogens is 260 g/mol. The van der Waals surface area contributed by atoms with Crippen molar-refractivity contribution >= 4 is 5.78 Å². The third-order valence-corrected chi connectivity index (χ3v) is 5.65. The zero-order valence-corrected chi connectivity index (χ0v) is 12.7. The number of nitrogens with zero attached hydrogens (tertiary/aromatic N) is 1. The van der Waals surface area contributed by atoms with Gasteiger partial charge in [-0.3, -0.25) is 9.69 Å². The number of ketones is 1. The molecule has 2 heterocycles. The maximum atomic E-state index is 13.1. The van der Waals surface area contributed by atoms with E-state index < -0.39 is 0 Å². The van der Waals surface area contributed by atoms with Gasteiger partial charge in [-0.1, -0.05) is 6.08 Å². The van der Waals surface area contributed by atoms with Crippen LogP contribution in [0.15, 0.2) is 12.7 Å². The van der Waals surface area contributed by atoms with Gasteiger partial charge in [0, 0.05) is 36.0 Å². The molecule has 3 aliphatic rings. The van der Waals surface area contributed by atoms with Crippen LogP contribution in [-0.2, 0) is 19.3 Å². The standard InChI is InChI=1S/C18H24N2O/c1-2-8-20-9-7-12-10-16-17(18(21)14(12)11-20)13-5-3-4-6-15(13)19-16/h2,12,14,19H,1,3-11H2/t12-,14+/m0/s1. The highest BCUT2D eigenvalue weighted by Gasteiger charge is 2.41. The smallest absolute Gasteiger partial charge is 0.169 e. The molecule has 1 aromatic rings. The van der Waals surface area contributed by atoms with Gasteiger partial charge in [-0.25, -0.2) is 0 Å². The molecule has 0 aromatic carbocycles. The van der Waals surface area contributed by atoms with Crippen LogP contribution in [0.2, 0.25) is 0 Å². The van der Waals surface area contributed by atoms with Crippen LogP contribution in [0.5, 0.6) is 0 Å². The monoisotopic (exact) mass is 284 g/mol. The van der Waals surface area contributed by atoms with Crippen LogP contribution in [0.25, 0.3) is 0 Å². The average molecular weight is 284 g/mol. The van der Waals surface area contributed by atoms with E-state index in [-0.39, 0.29) is 5.92 Å². The fourth-order valence-corrected chi connectivity index (χ4v) is 4.60. The number of hydrogen-bond acceptors (Lipinski definition) is 2. The van der Waals surface area contributed by atoms with Gasteiger partial charge in [-0.05, 0) is 56.6 Å². The van der Waals surface area contributed by atoms with Crippen LogP contribution in [0.1, 0.15) is 46.6 Å². The Kier molecular flexibility index (Phi) is 3.26. The Hall–Kier alpha value is -1.35. The van der Waals surface area contributed by atoms with Gasteiger partial charge in [0.15, 0.2) is 5.78 Å². The molecular formula is C18H24N2O. The van der Waals surface area contributed by atoms with E-state index >= 15 is 0 Å². The van der Waals surface area contributed by atoms with Crippen molar-refractivity contribution in [3.05, 3.63) is 35.2 Å². The molecule has 1 fully saturated rings. The summed E-state index contributed by atoms with van der Waals surface area (Å²) in [5.41, 5.74) is 5.07. The molecule has 0 unspecified atom stereocenters. The van der Waals surface area contributed by atoms with Crippen molar-refractivity contribution < 1.29 is 4.79 Å². The molecule has 1 aromatic heterocycles. The molecule has 21 heavy (non-hydrogen) atoms. The molecule has 0 saturated carbocycles. The number of carbonyl (C=O) groups is 1. The number of H-pyrrole nitrogens is 1. The zero-order valence-electron chi connectivity index (χ0n) is 12.7. The molecule has 1 aliphatic heterocycles. The van der Waals surface area contributed by atoms with Gasteiger partial charge in [0.25, 0.3) is 0 Å². The summed E-state index contributed by atoms with van der Waals surface area (Å²) in [4.78, 5) is 19.0. The molecule has 3 heteroatoms. The Labute approximate surface area is 126 Å². The Bertz CT molecular complexity index is 586. The van der Waals surface area contributed by atoms with E-state index in [9.17, 15) is 4.79 Å². The van der Waals surface area contributed by atoms with Crippen molar-refractivity contribution in [1.29, 1.82) is 0 Å². The lowest BCUT2D eigenvalue weighted by Gasteiger charge is -2.40. The minimum atomic E-state index is 0.216. The summed E-state index contributed by atoms with van der Waals surface area (Å²) in [6, 6.07) is 0. The highest BCUT2D eigenvalue weighted by Crippen LogP contribution is 2.39. The maximum absolute atomic E-state index is 13.1. The zero-order chi connectivity index (χ0) is 14.4. The Morgan fingerprint density at radius 3 is 3.00 bits per heavy atom. The van der Waals surface area contributed by atoms with Crippen LogP contribution >= 0.6 is 0 Å². The Morgan fingerprint density at radius 1 is 1.29 bits per heavy atom. The lowest BCUT2D eigenvalue weighted by atomic mass is 9.72. The molecule has 0 amide bonds. The minimum absolute atomic E-state index is 0.216. The molecule has 2 aliphatic carbocycles. The first-order chi connectivity index (χ1) is 10.3. The number of carbonyl (C=O) groups excluding carboxylic acids is 1. The third kappa shape index (κ3) is 2.10. The number of aryl methyl sites for hydroxylation is 1. The van der Waals surface area contributed by atoms with Gasteiger partial charge >= 0.3 is 0 Å². The predicted molar refractivity (Wildman–Crippen MR) is 83.7 cm³/mol. The van der Waals surface area contributed by atoms with Crippen molar-refractivity contribution in [3.8, 4) is 0 Å². The van der Waals surface area contributed by atoms with Gasteiger partial charge in [-0.15, -0.1) is 6.58 Å². The van der Waals surface area contributed by atoms with E-state index in [4.69, 9.17) is 0 Å². The van der Waals surface area contributed by atoms with Crippen LogP contribution < -0.4 is 0 Å². The van der Waals surface area contributed by atoms with Gasteiger partial charge < -0.3 is 4.98 Å². The van der Waals surface area contributed by atoms with Gasteiger partial charge in [0.2, 0.25) is 0 Å². The summed E-state index contributed by atoms with van der Waals surface area (Å²) in [5, 5.41) is 0. The average Bonchev–Trinajstić information content (AvgIpc) is 2.87. The van der Waals surface area contributed by atoms with Crippen LogP contribution in [-0.4, -0.2) is 35.3 Å². The molecule has 4 rings (SSSR count). The van der Waals surface area contributed by atoms with E-state index in [1.54, 1.807) is 0 Å². The van der Waals surface area contributed by atoms with E-state index in [0.717, 1.165) is 50.9 Å². The molecule has 0 bridgehead atoms. The molecule has 0 radical (unpaired) electrons. The normalized spacial score (nSPS) is 28.7. The highest BCUT2D eigenvalue weighted by molar-refractivity contribution is 6.02. The lowest BCUT2D eigenvalue weighted by molar-refractivity contribution is 0.0682. The van der Waals surface area contributed by atoms with Crippen molar-refractivity contribution in [2.24, 2.45) is 11.8 Å². The SMILES string of the molecule is C=CCN1CC[C@H]2Cc3[nH]c4c(c3C(=O)[C@@H]2C1)CCCC4. The summed E-state index contributed by atoms with van der Waals surface area (Å²) >= 11 is 0. The second-order valence-electron chi connectivity index (χ2n) is 6.91. The van der Waals surface area contributed by atoms with E-state index in [2.05, 4.69) is 16.5 Å². The van der Waals surface area contributed by atoms with E-state index in [0.29, 0.717) is 11.7 Å². The second kappa shape index (κ2) is 5.13. The molecule has 0 spiro atoms. The van der Waals surface area contributed by atoms with Crippen molar-refractivity contribution in [2.45, 2.75) is 38.5 Å². The Morgan fingerprint density at radius 2 is 2.14 bits per heavy atom. The van der Waals surface area contributed by atoms with Gasteiger partial charge in [0.05, 0.1) is 0 Å². The fraction of sp³-hybridized carbons (Fsp3) is 0.611. The number of likely N-dealkylation sites (tertiary alicyclic amines) is 1. The molecule has 2 atom stereocenters. The third-order valence-electron chi connectivity index (χ3n) is 5.65. The number of aromatic amines is 1. The Balaban J connectivity index is 1.67. The van der Waals surface area contributed by atoms with Crippen molar-refractivity contribution in [1.82, 2.24) is 9.88 Å². The molecule has 3 nitrogen and oxygen atoms in total. The van der Waals surface area contributed by atoms with E-state index in [1.807, 2.05) is 6.08 Å². The molecule has 1 N–H and O–H groups in total. The van der Waals surface area contributed by atoms with Crippen LogP contribution in [0, 0.1) is 11.8 Å². The van der Waals surface area contributed by atoms with Crippen LogP contribution in [0.3, 0.4) is 0 Å². The number of rotatable bonds is 2. The molecule has 112 valence electrons. The van der Waals surface area contributed by atoms with Crippen LogP contribution in [0.4, 0.5) is 0 Å². The first-order valence-electron chi connectivity index (χ1n) is 8.38. The summed E-state index contributed by atoms with van der Waals surface area (Å²) < 4.78 is 0. The number of fused-ring (bicyclic) bond motifs is 4. The quantitative estimate of drug-likeness (QED) is 0.848. The molecule has 1 saturated heterocycles. The fourth-order valence-electron chi connectivity index (χ4n) is 4.60.